The van der Waals surface area contributed by atoms with E-state index in [0.29, 0.717) is 5.92 Å². The van der Waals surface area contributed by atoms with Gasteiger partial charge in [-0.3, -0.25) is 0 Å². The topological polar surface area (TPSA) is 9.23 Å². The number of hydrogen-bond acceptors (Lipinski definition) is 1. The van der Waals surface area contributed by atoms with Crippen LogP contribution in [0.25, 0.3) is 0 Å². The number of methoxy groups -OCH3 is 1. The van der Waals surface area contributed by atoms with Crippen LogP contribution in [0.3, 0.4) is 0 Å². The number of rotatable bonds is 4. The molecule has 0 aliphatic carbocycles. The van der Waals surface area contributed by atoms with Gasteiger partial charge in [0.05, 0.1) is 7.11 Å². The molecule has 1 aromatic rings. The van der Waals surface area contributed by atoms with Crippen molar-refractivity contribution < 1.29 is 4.74 Å². The van der Waals surface area contributed by atoms with E-state index in [1.807, 2.05) is 0 Å². The molecule has 1 nitrogen and oxygen atoms in total. The lowest BCUT2D eigenvalue weighted by atomic mass is 10.0. The van der Waals surface area contributed by atoms with Gasteiger partial charge in [-0.15, -0.1) is 6.58 Å². The van der Waals surface area contributed by atoms with E-state index in [9.17, 15) is 0 Å². The minimum Gasteiger partial charge on any atom is -0.496 e. The van der Waals surface area contributed by atoms with Crippen LogP contribution >= 0.6 is 0 Å². The molecule has 0 fully saturated rings. The zero-order chi connectivity index (χ0) is 12.3. The second-order valence-corrected chi connectivity index (χ2v) is 9.47. The van der Waals surface area contributed by atoms with Crippen molar-refractivity contribution in [2.75, 3.05) is 7.11 Å². The van der Waals surface area contributed by atoms with Gasteiger partial charge in [-0.1, -0.05) is 50.0 Å². The molecule has 0 aromatic heterocycles. The van der Waals surface area contributed by atoms with Crippen molar-refractivity contribution in [3.63, 3.8) is 0 Å². The van der Waals surface area contributed by atoms with E-state index in [0.717, 1.165) is 5.75 Å². The molecule has 0 heterocycles. The minimum atomic E-state index is -1.47. The van der Waals surface area contributed by atoms with Crippen LogP contribution in [-0.2, 0) is 0 Å². The van der Waals surface area contributed by atoms with Gasteiger partial charge < -0.3 is 4.74 Å². The molecule has 0 atom stereocenters. The summed E-state index contributed by atoms with van der Waals surface area (Å²) in [7, 11) is 0.269. The molecule has 1 aromatic carbocycles. The monoisotopic (exact) mass is 234 g/mol. The predicted molar refractivity (Wildman–Crippen MR) is 74.4 cm³/mol. The standard InChI is InChI=1S/C14H22OSi/c1-7-16(5,6)12-8-9-13(11(2)3)14(10-12)15-4/h7-11H,1H2,2-6H3. The Bertz CT molecular complexity index is 380. The fourth-order valence-electron chi connectivity index (χ4n) is 1.71. The average Bonchev–Trinajstić information content (AvgIpc) is 2.27. The highest BCUT2D eigenvalue weighted by atomic mass is 28.3. The van der Waals surface area contributed by atoms with Gasteiger partial charge in [0, 0.05) is 0 Å². The fraction of sp³-hybridized carbons (Fsp3) is 0.429. The summed E-state index contributed by atoms with van der Waals surface area (Å²) in [6, 6.07) is 6.60. The molecular weight excluding hydrogens is 212 g/mol. The molecule has 0 spiro atoms. The van der Waals surface area contributed by atoms with Gasteiger partial charge in [0.25, 0.3) is 0 Å². The summed E-state index contributed by atoms with van der Waals surface area (Å²) >= 11 is 0. The Kier molecular flexibility index (Phi) is 3.97. The minimum absolute atomic E-state index is 0.498. The molecule has 1 rings (SSSR count). The number of benzene rings is 1. The third-order valence-electron chi connectivity index (χ3n) is 3.11. The first-order chi connectivity index (χ1) is 7.42. The zero-order valence-corrected chi connectivity index (χ0v) is 12.0. The maximum atomic E-state index is 5.47. The van der Waals surface area contributed by atoms with E-state index in [1.54, 1.807) is 7.11 Å². The predicted octanol–water partition coefficient (Wildman–Crippen LogP) is 3.46. The average molecular weight is 234 g/mol. The van der Waals surface area contributed by atoms with Crippen LogP contribution in [0.2, 0.25) is 13.1 Å². The van der Waals surface area contributed by atoms with E-state index in [4.69, 9.17) is 4.74 Å². The first kappa shape index (κ1) is 13.0. The first-order valence-corrected chi connectivity index (χ1v) is 8.82. The van der Waals surface area contributed by atoms with Crippen LogP contribution in [0, 0.1) is 0 Å². The second-order valence-electron chi connectivity index (χ2n) is 5.04. The highest BCUT2D eigenvalue weighted by Crippen LogP contribution is 2.25. The Morgan fingerprint density at radius 2 is 1.94 bits per heavy atom. The fourth-order valence-corrected chi connectivity index (χ4v) is 2.96. The first-order valence-electron chi connectivity index (χ1n) is 5.74. The van der Waals surface area contributed by atoms with Gasteiger partial charge in [0.2, 0.25) is 0 Å². The van der Waals surface area contributed by atoms with Crippen LogP contribution in [0.15, 0.2) is 30.5 Å². The van der Waals surface area contributed by atoms with Crippen molar-refractivity contribution in [3.8, 4) is 5.75 Å². The van der Waals surface area contributed by atoms with E-state index in [-0.39, 0.29) is 0 Å². The third-order valence-corrected chi connectivity index (χ3v) is 5.93. The molecule has 0 N–H and O–H groups in total. The second kappa shape index (κ2) is 4.87. The smallest absolute Gasteiger partial charge is 0.122 e. The van der Waals surface area contributed by atoms with Crippen molar-refractivity contribution in [1.29, 1.82) is 0 Å². The van der Waals surface area contributed by atoms with Gasteiger partial charge in [-0.2, -0.15) is 0 Å². The lowest BCUT2D eigenvalue weighted by molar-refractivity contribution is 0.408. The lowest BCUT2D eigenvalue weighted by Crippen LogP contribution is -2.39. The van der Waals surface area contributed by atoms with E-state index >= 15 is 0 Å². The van der Waals surface area contributed by atoms with Gasteiger partial charge >= 0.3 is 0 Å². The summed E-state index contributed by atoms with van der Waals surface area (Å²) in [5.41, 5.74) is 3.39. The Morgan fingerprint density at radius 3 is 2.38 bits per heavy atom. The molecule has 0 saturated carbocycles. The molecule has 88 valence electrons. The van der Waals surface area contributed by atoms with Gasteiger partial charge in [-0.05, 0) is 17.5 Å². The molecule has 0 saturated heterocycles. The largest absolute Gasteiger partial charge is 0.496 e. The summed E-state index contributed by atoms with van der Waals surface area (Å²) in [6.07, 6.45) is 0. The molecule has 0 amide bonds. The lowest BCUT2D eigenvalue weighted by Gasteiger charge is -2.21. The highest BCUT2D eigenvalue weighted by Gasteiger charge is 2.20. The zero-order valence-electron chi connectivity index (χ0n) is 11.0. The third kappa shape index (κ3) is 2.56. The van der Waals surface area contributed by atoms with Crippen molar-refractivity contribution in [2.24, 2.45) is 0 Å². The maximum absolute atomic E-state index is 5.47. The summed E-state index contributed by atoms with van der Waals surface area (Å²) in [5.74, 6) is 1.51. The molecular formula is C14H22OSi. The maximum Gasteiger partial charge on any atom is 0.122 e. The van der Waals surface area contributed by atoms with Crippen LogP contribution < -0.4 is 9.92 Å². The van der Waals surface area contributed by atoms with Crippen LogP contribution in [-0.4, -0.2) is 15.2 Å². The van der Waals surface area contributed by atoms with Gasteiger partial charge in [-0.25, -0.2) is 0 Å². The van der Waals surface area contributed by atoms with Crippen LogP contribution in [0.5, 0.6) is 5.75 Å². The molecule has 16 heavy (non-hydrogen) atoms. The van der Waals surface area contributed by atoms with Crippen molar-refractivity contribution in [2.45, 2.75) is 32.9 Å². The summed E-state index contributed by atoms with van der Waals surface area (Å²) in [5, 5.41) is 1.38. The molecule has 0 unspecified atom stereocenters. The number of hydrogen-bond donors (Lipinski definition) is 0. The molecule has 0 radical (unpaired) electrons. The summed E-state index contributed by atoms with van der Waals surface area (Å²) < 4.78 is 5.47. The Balaban J connectivity index is 3.24. The van der Waals surface area contributed by atoms with Crippen LogP contribution in [0.1, 0.15) is 25.3 Å². The van der Waals surface area contributed by atoms with Crippen molar-refractivity contribution in [3.05, 3.63) is 36.0 Å². The van der Waals surface area contributed by atoms with E-state index in [1.165, 1.54) is 10.8 Å². The van der Waals surface area contributed by atoms with Crippen LogP contribution in [0.4, 0.5) is 0 Å². The van der Waals surface area contributed by atoms with Gasteiger partial charge in [0.15, 0.2) is 0 Å². The SMILES string of the molecule is C=C[Si](C)(C)c1ccc(C(C)C)c(OC)c1. The summed E-state index contributed by atoms with van der Waals surface area (Å²) in [4.78, 5) is 0. The highest BCUT2D eigenvalue weighted by molar-refractivity contribution is 6.93. The molecule has 0 aliphatic rings. The Hall–Kier alpha value is -1.02. The quantitative estimate of drug-likeness (QED) is 0.725. The normalized spacial score (nSPS) is 11.6. The van der Waals surface area contributed by atoms with Gasteiger partial charge in [0.1, 0.15) is 13.8 Å². The van der Waals surface area contributed by atoms with E-state index in [2.05, 4.69) is 57.4 Å². The van der Waals surface area contributed by atoms with E-state index < -0.39 is 8.07 Å². The van der Waals surface area contributed by atoms with Crippen molar-refractivity contribution >= 4 is 13.3 Å². The molecule has 0 bridgehead atoms. The van der Waals surface area contributed by atoms with Crippen molar-refractivity contribution in [1.82, 2.24) is 0 Å². The summed E-state index contributed by atoms with van der Waals surface area (Å²) in [6.45, 7) is 12.9. The molecule has 0 aliphatic heterocycles. The molecule has 2 heteroatoms. The Labute approximate surface area is 100 Å². The Morgan fingerprint density at radius 1 is 1.31 bits per heavy atom. The number of ether oxygens (including phenoxy) is 1.